The molecule has 0 radical (unpaired) electrons. The third kappa shape index (κ3) is 5.86. The number of cyclic esters (lactones) is 1. The van der Waals surface area contributed by atoms with E-state index in [1.807, 2.05) is 54.6 Å². The fraction of sp³-hybridized carbons (Fsp3) is 0.333. The molecule has 7 atom stereocenters. The predicted octanol–water partition coefficient (Wildman–Crippen LogP) is 3.66. The van der Waals surface area contributed by atoms with E-state index in [2.05, 4.69) is 5.32 Å². The van der Waals surface area contributed by atoms with Crippen LogP contribution in [-0.4, -0.2) is 78.3 Å². The summed E-state index contributed by atoms with van der Waals surface area (Å²) >= 11 is 0. The number of methoxy groups -OCH3 is 1. The van der Waals surface area contributed by atoms with Gasteiger partial charge in [0.2, 0.25) is 11.8 Å². The van der Waals surface area contributed by atoms with Crippen molar-refractivity contribution in [1.29, 1.82) is 0 Å². The number of allylic oxidation sites excluding steroid dienone is 1. The minimum absolute atomic E-state index is 0.102. The topological polar surface area (TPSA) is 135 Å². The van der Waals surface area contributed by atoms with Gasteiger partial charge in [0.15, 0.2) is 0 Å². The number of carbonyl (C=O) groups excluding carboxylic acids is 4. The van der Waals surface area contributed by atoms with Gasteiger partial charge in [-0.15, -0.1) is 0 Å². The molecule has 1 spiro atoms. The zero-order valence-corrected chi connectivity index (χ0v) is 27.6. The number of esters is 1. The van der Waals surface area contributed by atoms with Gasteiger partial charge in [-0.1, -0.05) is 85.0 Å². The lowest BCUT2D eigenvalue weighted by atomic mass is 9.74. The van der Waals surface area contributed by atoms with Crippen molar-refractivity contribution in [2.24, 2.45) is 11.8 Å². The molecular formula is C39H39N3O8. The van der Waals surface area contributed by atoms with Crippen LogP contribution in [0.3, 0.4) is 0 Å². The highest BCUT2D eigenvalue weighted by Gasteiger charge is 2.74. The molecule has 0 aliphatic carbocycles. The zero-order valence-electron chi connectivity index (χ0n) is 27.6. The number of hydrogen-bond acceptors (Lipinski definition) is 8. The number of hydrogen-bond donors (Lipinski definition) is 2. The Hall–Kier alpha value is -5.26. The molecule has 4 aliphatic heterocycles. The maximum absolute atomic E-state index is 15.2. The lowest BCUT2D eigenvalue weighted by molar-refractivity contribution is -0.146. The molecule has 5 bridgehead atoms. The first-order chi connectivity index (χ1) is 24.4. The van der Waals surface area contributed by atoms with E-state index >= 15 is 4.79 Å². The normalized spacial score (nSPS) is 29.4. The van der Waals surface area contributed by atoms with Crippen molar-refractivity contribution in [3.05, 3.63) is 120 Å². The second-order valence-electron chi connectivity index (χ2n) is 12.9. The van der Waals surface area contributed by atoms with Gasteiger partial charge < -0.3 is 34.4 Å². The molecule has 0 aromatic heterocycles. The summed E-state index contributed by atoms with van der Waals surface area (Å²) in [5.41, 5.74) is 0.427. The zero-order chi connectivity index (χ0) is 34.8. The molecule has 0 unspecified atom stereocenters. The molecule has 11 heteroatoms. The summed E-state index contributed by atoms with van der Waals surface area (Å²) in [5.74, 6) is -3.25. The highest BCUT2D eigenvalue weighted by molar-refractivity contribution is 6.05. The Labute approximate surface area is 290 Å². The summed E-state index contributed by atoms with van der Waals surface area (Å²) < 4.78 is 17.6. The first-order valence-electron chi connectivity index (χ1n) is 16.8. The third-order valence-electron chi connectivity index (χ3n) is 10.1. The second kappa shape index (κ2) is 13.9. The molecule has 0 saturated carbocycles. The summed E-state index contributed by atoms with van der Waals surface area (Å²) in [5, 5.41) is 13.9. The number of fused-ring (bicyclic) bond motifs is 2. The van der Waals surface area contributed by atoms with Gasteiger partial charge in [0.25, 0.3) is 5.91 Å². The number of nitrogens with zero attached hydrogens (tertiary/aromatic N) is 2. The summed E-state index contributed by atoms with van der Waals surface area (Å²) in [6.07, 6.45) is 6.80. The molecule has 4 aliphatic rings. The average Bonchev–Trinajstić information content (AvgIpc) is 3.79. The van der Waals surface area contributed by atoms with Crippen LogP contribution in [0.4, 0.5) is 5.69 Å². The van der Waals surface area contributed by atoms with Gasteiger partial charge in [0.1, 0.15) is 24.0 Å². The number of anilines is 1. The van der Waals surface area contributed by atoms with Crippen molar-refractivity contribution >= 4 is 29.4 Å². The van der Waals surface area contributed by atoms with Gasteiger partial charge in [-0.3, -0.25) is 19.2 Å². The Balaban J connectivity index is 1.35. The number of likely N-dealkylation sites (tertiary alicyclic amines) is 1. The fourth-order valence-corrected chi connectivity index (χ4v) is 7.71. The Morgan fingerprint density at radius 3 is 2.36 bits per heavy atom. The van der Waals surface area contributed by atoms with Crippen molar-refractivity contribution in [2.75, 3.05) is 31.8 Å². The van der Waals surface area contributed by atoms with E-state index < -0.39 is 72.0 Å². The summed E-state index contributed by atoms with van der Waals surface area (Å²) in [4.78, 5) is 60.1. The van der Waals surface area contributed by atoms with Crippen LogP contribution in [0.1, 0.15) is 36.1 Å². The minimum Gasteiger partial charge on any atom is -0.497 e. The van der Waals surface area contributed by atoms with Crippen LogP contribution < -0.4 is 15.0 Å². The molecule has 2 saturated heterocycles. The van der Waals surface area contributed by atoms with E-state index in [-0.39, 0.29) is 19.6 Å². The summed E-state index contributed by atoms with van der Waals surface area (Å²) in [7, 11) is 1.55. The minimum atomic E-state index is -1.49. The summed E-state index contributed by atoms with van der Waals surface area (Å²) in [6.45, 7) is -0.451. The highest BCUT2D eigenvalue weighted by atomic mass is 16.5. The Morgan fingerprint density at radius 1 is 0.940 bits per heavy atom. The average molecular weight is 678 g/mol. The number of nitrogens with one attached hydrogen (secondary N) is 1. The lowest BCUT2D eigenvalue weighted by Crippen LogP contribution is -2.57. The molecule has 2 fully saturated rings. The van der Waals surface area contributed by atoms with E-state index in [1.54, 1.807) is 66.6 Å². The maximum Gasteiger partial charge on any atom is 0.306 e. The number of carbonyl (C=O) groups is 4. The molecule has 7 rings (SSSR count). The van der Waals surface area contributed by atoms with Gasteiger partial charge in [0.05, 0.1) is 43.7 Å². The number of rotatable bonds is 6. The lowest BCUT2D eigenvalue weighted by Gasteiger charge is -2.39. The van der Waals surface area contributed by atoms with E-state index in [0.29, 0.717) is 23.4 Å². The number of aliphatic hydroxyl groups excluding tert-OH is 1. The predicted molar refractivity (Wildman–Crippen MR) is 183 cm³/mol. The van der Waals surface area contributed by atoms with Crippen LogP contribution in [0.2, 0.25) is 0 Å². The monoisotopic (exact) mass is 677 g/mol. The largest absolute Gasteiger partial charge is 0.497 e. The molecule has 258 valence electrons. The number of benzene rings is 3. The number of amides is 3. The van der Waals surface area contributed by atoms with Crippen molar-refractivity contribution in [3.63, 3.8) is 0 Å². The van der Waals surface area contributed by atoms with Gasteiger partial charge in [-0.25, -0.2) is 0 Å². The second-order valence-corrected chi connectivity index (χ2v) is 12.9. The molecule has 3 aromatic rings. The van der Waals surface area contributed by atoms with Crippen LogP contribution in [0, 0.1) is 11.8 Å². The Bertz CT molecular complexity index is 1800. The SMILES string of the molecule is COc1ccc(N2C/C=C\CCC(=O)OC[C@@H](c3ccccc3)NC(=O)[C@@H]3[C@@H]4C=C[C@]5(O4)[C@H](C2=O)N([C@H](CO)c2ccccc2)C(=O)[C@@H]35)cc1. The number of aliphatic hydroxyl groups is 1. The van der Waals surface area contributed by atoms with Gasteiger partial charge >= 0.3 is 5.97 Å². The summed E-state index contributed by atoms with van der Waals surface area (Å²) in [6, 6.07) is 22.4. The first kappa shape index (κ1) is 33.2. The molecule has 2 N–H and O–H groups in total. The number of ether oxygens (including phenoxy) is 3. The van der Waals surface area contributed by atoms with Crippen molar-refractivity contribution in [2.45, 2.75) is 42.7 Å². The van der Waals surface area contributed by atoms with Crippen molar-refractivity contribution < 1.29 is 38.5 Å². The Kier molecular flexibility index (Phi) is 9.26. The molecule has 3 amide bonds. The fourth-order valence-electron chi connectivity index (χ4n) is 7.71. The van der Waals surface area contributed by atoms with Gasteiger partial charge in [-0.2, -0.15) is 0 Å². The maximum atomic E-state index is 15.2. The van der Waals surface area contributed by atoms with Gasteiger partial charge in [0, 0.05) is 18.7 Å². The van der Waals surface area contributed by atoms with E-state index in [1.165, 1.54) is 4.90 Å². The smallest absolute Gasteiger partial charge is 0.306 e. The quantitative estimate of drug-likeness (QED) is 0.298. The molecule has 11 nitrogen and oxygen atoms in total. The van der Waals surface area contributed by atoms with E-state index in [4.69, 9.17) is 14.2 Å². The van der Waals surface area contributed by atoms with Crippen LogP contribution in [0.15, 0.2) is 109 Å². The standard InChI is InChI=1S/C39H39N3O8/c1-48-28-18-16-27(17-19-28)41-22-10-4-9-15-32(44)49-24-29(25-11-5-2-6-12-25)40-36(45)33-31-20-21-39(50-31)34(33)37(46)42(35(39)38(41)47)30(23-43)26-13-7-3-8-14-26/h2-8,10-14,16-21,29-31,33-35,43H,9,15,22-24H2,1H3,(H,40,45)/b10-4-/t29-,30+,31-,33+,34+,35-,39+/m0/s1. The van der Waals surface area contributed by atoms with Crippen LogP contribution in [-0.2, 0) is 28.7 Å². The van der Waals surface area contributed by atoms with Crippen LogP contribution in [0.25, 0.3) is 0 Å². The van der Waals surface area contributed by atoms with E-state index in [9.17, 15) is 19.5 Å². The molecule has 4 heterocycles. The first-order valence-corrected chi connectivity index (χ1v) is 16.8. The third-order valence-corrected chi connectivity index (χ3v) is 10.1. The van der Waals surface area contributed by atoms with Crippen molar-refractivity contribution in [1.82, 2.24) is 10.2 Å². The van der Waals surface area contributed by atoms with E-state index in [0.717, 1.165) is 5.56 Å². The molecule has 3 aromatic carbocycles. The Morgan fingerprint density at radius 2 is 1.66 bits per heavy atom. The van der Waals surface area contributed by atoms with Gasteiger partial charge in [-0.05, 0) is 41.8 Å². The van der Waals surface area contributed by atoms with Crippen molar-refractivity contribution in [3.8, 4) is 5.75 Å². The highest BCUT2D eigenvalue weighted by Crippen LogP contribution is 2.57. The van der Waals surface area contributed by atoms with Crippen LogP contribution >= 0.6 is 0 Å². The van der Waals surface area contributed by atoms with Crippen LogP contribution in [0.5, 0.6) is 5.75 Å². The molecule has 50 heavy (non-hydrogen) atoms. The molecular weight excluding hydrogens is 638 g/mol.